The van der Waals surface area contributed by atoms with E-state index < -0.39 is 46.7 Å². The highest BCUT2D eigenvalue weighted by Crippen LogP contribution is 2.31. The summed E-state index contributed by atoms with van der Waals surface area (Å²) in [7, 11) is 0. The van der Waals surface area contributed by atoms with Crippen molar-refractivity contribution in [1.29, 1.82) is 0 Å². The van der Waals surface area contributed by atoms with Gasteiger partial charge in [0.25, 0.3) is 5.54 Å². The van der Waals surface area contributed by atoms with Gasteiger partial charge in [-0.05, 0) is 34.6 Å². The van der Waals surface area contributed by atoms with Gasteiger partial charge in [-0.1, -0.05) is 0 Å². The lowest BCUT2D eigenvalue weighted by molar-refractivity contribution is -0.590. The number of hydrogen-bond acceptors (Lipinski definition) is 7. The van der Waals surface area contributed by atoms with E-state index in [1.54, 1.807) is 34.6 Å². The molecular formula is C14H26N2O7. The Bertz CT molecular complexity index is 461. The van der Waals surface area contributed by atoms with Gasteiger partial charge in [0.15, 0.2) is 11.9 Å². The Balaban J connectivity index is 2.99. The van der Waals surface area contributed by atoms with Gasteiger partial charge < -0.3 is 24.6 Å². The number of carbonyl (C=O) groups excluding carboxylic acids is 1. The van der Waals surface area contributed by atoms with Gasteiger partial charge in [-0.3, -0.25) is 10.1 Å². The zero-order valence-corrected chi connectivity index (χ0v) is 14.4. The molecule has 0 spiro atoms. The van der Waals surface area contributed by atoms with Crippen molar-refractivity contribution in [2.45, 2.75) is 70.6 Å². The first-order valence-corrected chi connectivity index (χ1v) is 7.37. The summed E-state index contributed by atoms with van der Waals surface area (Å²) in [5, 5.41) is 23.4. The van der Waals surface area contributed by atoms with Crippen LogP contribution in [0.2, 0.25) is 0 Å². The smallest absolute Gasteiger partial charge is 0.408 e. The van der Waals surface area contributed by atoms with Crippen molar-refractivity contribution in [2.24, 2.45) is 0 Å². The number of nitrogens with zero attached hydrogens (tertiary/aromatic N) is 1. The SMILES string of the molecule is CC(C)(C)OC(=O)N[C@@H]1COC(C)(C)O[C@H]1C(C)(CO)[N+](=O)[O-]. The van der Waals surface area contributed by atoms with Crippen molar-refractivity contribution in [3.8, 4) is 0 Å². The van der Waals surface area contributed by atoms with Gasteiger partial charge in [0.1, 0.15) is 12.2 Å². The van der Waals surface area contributed by atoms with Crippen molar-refractivity contribution in [1.82, 2.24) is 5.32 Å². The second kappa shape index (κ2) is 6.58. The zero-order chi connectivity index (χ0) is 18.1. The Kier molecular flexibility index (Phi) is 5.61. The highest BCUT2D eigenvalue weighted by Gasteiger charge is 2.55. The third kappa shape index (κ3) is 5.02. The molecule has 0 saturated carbocycles. The molecule has 0 aromatic heterocycles. The van der Waals surface area contributed by atoms with Crippen LogP contribution < -0.4 is 5.32 Å². The third-order valence-electron chi connectivity index (χ3n) is 3.44. The quantitative estimate of drug-likeness (QED) is 0.582. The van der Waals surface area contributed by atoms with Gasteiger partial charge in [-0.15, -0.1) is 0 Å². The third-order valence-corrected chi connectivity index (χ3v) is 3.44. The maximum Gasteiger partial charge on any atom is 0.408 e. The minimum absolute atomic E-state index is 0.000337. The van der Waals surface area contributed by atoms with E-state index in [9.17, 15) is 20.0 Å². The van der Waals surface area contributed by atoms with Crippen LogP contribution >= 0.6 is 0 Å². The summed E-state index contributed by atoms with van der Waals surface area (Å²) in [4.78, 5) is 22.7. The second-order valence-corrected chi connectivity index (χ2v) is 7.27. The fourth-order valence-electron chi connectivity index (χ4n) is 2.19. The van der Waals surface area contributed by atoms with E-state index >= 15 is 0 Å². The van der Waals surface area contributed by atoms with Crippen molar-refractivity contribution in [3.05, 3.63) is 10.1 Å². The van der Waals surface area contributed by atoms with Gasteiger partial charge in [0, 0.05) is 11.8 Å². The molecule has 3 atom stereocenters. The first kappa shape index (κ1) is 19.6. The van der Waals surface area contributed by atoms with Crippen LogP contribution in [0.1, 0.15) is 41.5 Å². The second-order valence-electron chi connectivity index (χ2n) is 7.27. The summed E-state index contributed by atoms with van der Waals surface area (Å²) in [5.41, 5.74) is -2.50. The highest BCUT2D eigenvalue weighted by molar-refractivity contribution is 5.68. The number of aliphatic hydroxyl groups is 1. The molecule has 1 aliphatic rings. The molecule has 1 saturated heterocycles. The van der Waals surface area contributed by atoms with Gasteiger partial charge in [0.05, 0.1) is 12.6 Å². The zero-order valence-electron chi connectivity index (χ0n) is 14.4. The van der Waals surface area contributed by atoms with E-state index in [0.717, 1.165) is 0 Å². The summed E-state index contributed by atoms with van der Waals surface area (Å²) >= 11 is 0. The molecule has 1 rings (SSSR count). The Labute approximate surface area is 135 Å². The number of hydrogen-bond donors (Lipinski definition) is 2. The molecule has 9 nitrogen and oxygen atoms in total. The van der Waals surface area contributed by atoms with Crippen LogP contribution in [0.15, 0.2) is 0 Å². The molecule has 9 heteroatoms. The largest absolute Gasteiger partial charge is 0.444 e. The first-order valence-electron chi connectivity index (χ1n) is 7.37. The molecular weight excluding hydrogens is 308 g/mol. The van der Waals surface area contributed by atoms with E-state index in [0.29, 0.717) is 0 Å². The number of carbonyl (C=O) groups is 1. The summed E-state index contributed by atoms with van der Waals surface area (Å²) in [5.74, 6) is -1.07. The van der Waals surface area contributed by atoms with E-state index in [1.165, 1.54) is 6.92 Å². The Morgan fingerprint density at radius 2 is 2.00 bits per heavy atom. The average Bonchev–Trinajstić information content (AvgIpc) is 2.37. The standard InChI is InChI=1S/C14H26N2O7/c1-12(2,3)23-11(18)15-9-7-21-13(4,5)22-10(9)14(6,8-17)16(19)20/h9-10,17H,7-8H2,1-6H3,(H,15,18)/t9-,10-,14?/m1/s1. The molecule has 1 amide bonds. The maximum atomic E-state index is 11.9. The normalized spacial score (nSPS) is 26.9. The maximum absolute atomic E-state index is 11.9. The molecule has 0 aliphatic carbocycles. The number of nitro groups is 1. The van der Waals surface area contributed by atoms with Crippen LogP contribution in [0.3, 0.4) is 0 Å². The minimum Gasteiger partial charge on any atom is -0.444 e. The minimum atomic E-state index is -1.79. The van der Waals surface area contributed by atoms with Crippen LogP contribution in [-0.4, -0.2) is 58.4 Å². The lowest BCUT2D eigenvalue weighted by Gasteiger charge is -2.44. The molecule has 134 valence electrons. The monoisotopic (exact) mass is 334 g/mol. The van der Waals surface area contributed by atoms with Crippen molar-refractivity contribution in [3.63, 3.8) is 0 Å². The Morgan fingerprint density at radius 1 is 1.43 bits per heavy atom. The number of ether oxygens (including phenoxy) is 3. The predicted molar refractivity (Wildman–Crippen MR) is 80.5 cm³/mol. The Hall–Kier alpha value is -1.45. The van der Waals surface area contributed by atoms with Crippen LogP contribution in [0.5, 0.6) is 0 Å². The van der Waals surface area contributed by atoms with Crippen molar-refractivity contribution < 1.29 is 29.0 Å². The van der Waals surface area contributed by atoms with Crippen LogP contribution in [0, 0.1) is 10.1 Å². The number of amides is 1. The molecule has 2 N–H and O–H groups in total. The van der Waals surface area contributed by atoms with Gasteiger partial charge in [-0.25, -0.2) is 4.79 Å². The summed E-state index contributed by atoms with van der Waals surface area (Å²) in [6.07, 6.45) is -1.82. The number of nitrogens with one attached hydrogen (secondary N) is 1. The molecule has 0 radical (unpaired) electrons. The lowest BCUT2D eigenvalue weighted by Crippen LogP contribution is -2.66. The molecule has 0 bridgehead atoms. The molecule has 1 fully saturated rings. The van der Waals surface area contributed by atoms with Gasteiger partial charge in [-0.2, -0.15) is 0 Å². The van der Waals surface area contributed by atoms with E-state index in [-0.39, 0.29) is 6.61 Å². The van der Waals surface area contributed by atoms with E-state index in [4.69, 9.17) is 14.2 Å². The van der Waals surface area contributed by atoms with Crippen molar-refractivity contribution >= 4 is 6.09 Å². The number of alkyl carbamates (subject to hydrolysis) is 1. The predicted octanol–water partition coefficient (Wildman–Crippen LogP) is 1.06. The molecule has 23 heavy (non-hydrogen) atoms. The number of aliphatic hydroxyl groups excluding tert-OH is 1. The molecule has 0 aromatic rings. The summed E-state index contributed by atoms with van der Waals surface area (Å²) < 4.78 is 16.3. The molecule has 1 aliphatic heterocycles. The fraction of sp³-hybridized carbons (Fsp3) is 0.929. The molecule has 1 heterocycles. The summed E-state index contributed by atoms with van der Waals surface area (Å²) in [6.45, 7) is 8.86. The van der Waals surface area contributed by atoms with Crippen LogP contribution in [-0.2, 0) is 14.2 Å². The van der Waals surface area contributed by atoms with E-state index in [1.807, 2.05) is 0 Å². The van der Waals surface area contributed by atoms with Crippen molar-refractivity contribution in [2.75, 3.05) is 13.2 Å². The first-order chi connectivity index (χ1) is 10.3. The average molecular weight is 334 g/mol. The molecule has 0 aromatic carbocycles. The van der Waals surface area contributed by atoms with Gasteiger partial charge in [0.2, 0.25) is 0 Å². The Morgan fingerprint density at radius 3 is 2.43 bits per heavy atom. The molecule has 1 unspecified atom stereocenters. The topological polar surface area (TPSA) is 120 Å². The van der Waals surface area contributed by atoms with Gasteiger partial charge >= 0.3 is 6.09 Å². The summed E-state index contributed by atoms with van der Waals surface area (Å²) in [6, 6.07) is -0.833. The lowest BCUT2D eigenvalue weighted by atomic mass is 9.89. The highest BCUT2D eigenvalue weighted by atomic mass is 16.7. The van der Waals surface area contributed by atoms with Crippen LogP contribution in [0.25, 0.3) is 0 Å². The van der Waals surface area contributed by atoms with Crippen LogP contribution in [0.4, 0.5) is 4.79 Å². The number of rotatable bonds is 4. The fourth-order valence-corrected chi connectivity index (χ4v) is 2.19. The van der Waals surface area contributed by atoms with E-state index in [2.05, 4.69) is 5.32 Å².